The van der Waals surface area contributed by atoms with Crippen molar-refractivity contribution in [2.24, 2.45) is 5.92 Å². The van der Waals surface area contributed by atoms with E-state index in [0.717, 1.165) is 18.7 Å². The molecule has 0 spiro atoms. The van der Waals surface area contributed by atoms with E-state index in [2.05, 4.69) is 15.4 Å². The van der Waals surface area contributed by atoms with Gasteiger partial charge in [-0.1, -0.05) is 0 Å². The summed E-state index contributed by atoms with van der Waals surface area (Å²) >= 11 is 0. The summed E-state index contributed by atoms with van der Waals surface area (Å²) in [6, 6.07) is -0.809. The van der Waals surface area contributed by atoms with Crippen LogP contribution in [0.3, 0.4) is 0 Å². The van der Waals surface area contributed by atoms with Crippen molar-refractivity contribution in [1.82, 2.24) is 25.0 Å². The van der Waals surface area contributed by atoms with Gasteiger partial charge >= 0.3 is 0 Å². The SMILES string of the molecule is CCn1ncnc1CN1C(=O)C(C)NC(=O)C1C1CC1. The molecule has 1 saturated heterocycles. The van der Waals surface area contributed by atoms with Crippen molar-refractivity contribution in [3.63, 3.8) is 0 Å². The van der Waals surface area contributed by atoms with Gasteiger partial charge < -0.3 is 10.2 Å². The van der Waals surface area contributed by atoms with Crippen molar-refractivity contribution >= 4 is 11.8 Å². The molecule has 7 heteroatoms. The van der Waals surface area contributed by atoms with Gasteiger partial charge in [-0.15, -0.1) is 0 Å². The summed E-state index contributed by atoms with van der Waals surface area (Å²) in [5, 5.41) is 6.88. The molecule has 0 aromatic carbocycles. The molecular weight excluding hydrogens is 258 g/mol. The first kappa shape index (κ1) is 13.1. The minimum Gasteiger partial charge on any atom is -0.343 e. The van der Waals surface area contributed by atoms with Crippen molar-refractivity contribution in [3.8, 4) is 0 Å². The van der Waals surface area contributed by atoms with Crippen LogP contribution in [0.1, 0.15) is 32.5 Å². The lowest BCUT2D eigenvalue weighted by Crippen LogP contribution is -2.62. The minimum atomic E-state index is -0.463. The Bertz CT molecular complexity index is 537. The van der Waals surface area contributed by atoms with E-state index < -0.39 is 6.04 Å². The van der Waals surface area contributed by atoms with Gasteiger partial charge in [0.25, 0.3) is 0 Å². The highest BCUT2D eigenvalue weighted by Crippen LogP contribution is 2.37. The monoisotopic (exact) mass is 277 g/mol. The average Bonchev–Trinajstić information content (AvgIpc) is 3.14. The summed E-state index contributed by atoms with van der Waals surface area (Å²) < 4.78 is 1.76. The molecule has 7 nitrogen and oxygen atoms in total. The summed E-state index contributed by atoms with van der Waals surface area (Å²) in [5.74, 6) is 0.951. The maximum atomic E-state index is 12.4. The summed E-state index contributed by atoms with van der Waals surface area (Å²) in [4.78, 5) is 30.5. The molecule has 108 valence electrons. The van der Waals surface area contributed by atoms with Crippen LogP contribution in [-0.2, 0) is 22.7 Å². The smallest absolute Gasteiger partial charge is 0.245 e. The third-order valence-corrected chi connectivity index (χ3v) is 3.99. The van der Waals surface area contributed by atoms with Gasteiger partial charge in [-0.25, -0.2) is 9.67 Å². The number of aromatic nitrogens is 3. The Balaban J connectivity index is 1.86. The standard InChI is InChI=1S/C13H19N5O2/c1-3-18-10(14-7-15-18)6-17-11(9-4-5-9)12(19)16-8(2)13(17)20/h7-9,11H,3-6H2,1-2H3,(H,16,19). The van der Waals surface area contributed by atoms with Crippen molar-refractivity contribution < 1.29 is 9.59 Å². The predicted molar refractivity (Wildman–Crippen MR) is 70.4 cm³/mol. The molecule has 1 saturated carbocycles. The van der Waals surface area contributed by atoms with E-state index >= 15 is 0 Å². The second-order valence-electron chi connectivity index (χ2n) is 5.47. The van der Waals surface area contributed by atoms with Crippen molar-refractivity contribution in [1.29, 1.82) is 0 Å². The number of carbonyl (C=O) groups excluding carboxylic acids is 2. The van der Waals surface area contributed by atoms with E-state index in [4.69, 9.17) is 0 Å². The van der Waals surface area contributed by atoms with Gasteiger partial charge in [-0.2, -0.15) is 5.10 Å². The maximum absolute atomic E-state index is 12.4. The van der Waals surface area contributed by atoms with Crippen LogP contribution >= 0.6 is 0 Å². The molecule has 1 aliphatic heterocycles. The molecule has 2 amide bonds. The van der Waals surface area contributed by atoms with Crippen LogP contribution in [0.25, 0.3) is 0 Å². The van der Waals surface area contributed by atoms with Crippen LogP contribution in [0.5, 0.6) is 0 Å². The van der Waals surface area contributed by atoms with Gasteiger partial charge in [0.05, 0.1) is 6.54 Å². The predicted octanol–water partition coefficient (Wildman–Crippen LogP) is -0.0765. The third-order valence-electron chi connectivity index (χ3n) is 3.99. The normalized spacial score (nSPS) is 26.8. The Labute approximate surface area is 117 Å². The first-order valence-electron chi connectivity index (χ1n) is 7.09. The summed E-state index contributed by atoms with van der Waals surface area (Å²) in [6.07, 6.45) is 3.51. The molecule has 2 atom stereocenters. The Kier molecular flexibility index (Phi) is 3.19. The lowest BCUT2D eigenvalue weighted by Gasteiger charge is -2.37. The van der Waals surface area contributed by atoms with E-state index in [-0.39, 0.29) is 17.9 Å². The van der Waals surface area contributed by atoms with Crippen LogP contribution in [0.2, 0.25) is 0 Å². The number of nitrogens with one attached hydrogen (secondary N) is 1. The maximum Gasteiger partial charge on any atom is 0.245 e. The molecular formula is C13H19N5O2. The van der Waals surface area contributed by atoms with E-state index in [0.29, 0.717) is 19.0 Å². The number of carbonyl (C=O) groups is 2. The van der Waals surface area contributed by atoms with E-state index in [9.17, 15) is 9.59 Å². The summed E-state index contributed by atoms with van der Waals surface area (Å²) in [5.41, 5.74) is 0. The molecule has 1 aromatic heterocycles. The van der Waals surface area contributed by atoms with Gasteiger partial charge in [0, 0.05) is 6.54 Å². The number of aryl methyl sites for hydroxylation is 1. The number of piperazine rings is 1. The van der Waals surface area contributed by atoms with Crippen LogP contribution in [0.15, 0.2) is 6.33 Å². The minimum absolute atomic E-state index is 0.0350. The molecule has 0 bridgehead atoms. The molecule has 2 heterocycles. The topological polar surface area (TPSA) is 80.1 Å². The van der Waals surface area contributed by atoms with Crippen LogP contribution in [0, 0.1) is 5.92 Å². The molecule has 2 unspecified atom stereocenters. The number of hydrogen-bond acceptors (Lipinski definition) is 4. The first-order chi connectivity index (χ1) is 9.61. The molecule has 1 aliphatic carbocycles. The van der Waals surface area contributed by atoms with Crippen LogP contribution in [0.4, 0.5) is 0 Å². The quantitative estimate of drug-likeness (QED) is 0.835. The van der Waals surface area contributed by atoms with Gasteiger partial charge in [0.2, 0.25) is 11.8 Å². The van der Waals surface area contributed by atoms with Gasteiger partial charge in [-0.05, 0) is 32.6 Å². The first-order valence-corrected chi connectivity index (χ1v) is 7.09. The highest BCUT2D eigenvalue weighted by atomic mass is 16.2. The molecule has 1 aromatic rings. The van der Waals surface area contributed by atoms with E-state index in [1.54, 1.807) is 16.5 Å². The van der Waals surface area contributed by atoms with Gasteiger partial charge in [0.1, 0.15) is 24.2 Å². The zero-order valence-corrected chi connectivity index (χ0v) is 11.7. The van der Waals surface area contributed by atoms with E-state index in [1.165, 1.54) is 6.33 Å². The molecule has 2 fully saturated rings. The molecule has 1 N–H and O–H groups in total. The lowest BCUT2D eigenvalue weighted by molar-refractivity contribution is -0.150. The molecule has 3 rings (SSSR count). The third kappa shape index (κ3) is 2.17. The highest BCUT2D eigenvalue weighted by molar-refractivity contribution is 5.97. The Hall–Kier alpha value is -1.92. The fraction of sp³-hybridized carbons (Fsp3) is 0.692. The van der Waals surface area contributed by atoms with E-state index in [1.807, 2.05) is 6.92 Å². The van der Waals surface area contributed by atoms with Crippen molar-refractivity contribution in [3.05, 3.63) is 12.2 Å². The zero-order valence-electron chi connectivity index (χ0n) is 11.7. The fourth-order valence-electron chi connectivity index (χ4n) is 2.77. The second kappa shape index (κ2) is 4.88. The molecule has 0 radical (unpaired) electrons. The van der Waals surface area contributed by atoms with Crippen molar-refractivity contribution in [2.45, 2.75) is 51.9 Å². The number of hydrogen-bond donors (Lipinski definition) is 1. The summed E-state index contributed by atoms with van der Waals surface area (Å²) in [7, 11) is 0. The van der Waals surface area contributed by atoms with Gasteiger partial charge in [0.15, 0.2) is 0 Å². The zero-order chi connectivity index (χ0) is 14.3. The highest BCUT2D eigenvalue weighted by Gasteiger charge is 2.47. The Morgan fingerprint density at radius 2 is 2.15 bits per heavy atom. The number of amides is 2. The summed E-state index contributed by atoms with van der Waals surface area (Å²) in [6.45, 7) is 4.75. The fourth-order valence-corrected chi connectivity index (χ4v) is 2.77. The number of nitrogens with zero attached hydrogens (tertiary/aromatic N) is 4. The van der Waals surface area contributed by atoms with Crippen molar-refractivity contribution in [2.75, 3.05) is 0 Å². The molecule has 20 heavy (non-hydrogen) atoms. The van der Waals surface area contributed by atoms with Crippen LogP contribution < -0.4 is 5.32 Å². The second-order valence-corrected chi connectivity index (χ2v) is 5.47. The lowest BCUT2D eigenvalue weighted by atomic mass is 10.0. The van der Waals surface area contributed by atoms with Gasteiger partial charge in [-0.3, -0.25) is 9.59 Å². The largest absolute Gasteiger partial charge is 0.343 e. The Morgan fingerprint density at radius 3 is 2.80 bits per heavy atom. The molecule has 2 aliphatic rings. The average molecular weight is 277 g/mol. The Morgan fingerprint density at radius 1 is 1.40 bits per heavy atom. The number of rotatable bonds is 4. The van der Waals surface area contributed by atoms with Crippen LogP contribution in [-0.4, -0.2) is 43.6 Å².